The van der Waals surface area contributed by atoms with Gasteiger partial charge in [0.05, 0.1) is 0 Å². The lowest BCUT2D eigenvalue weighted by Gasteiger charge is -2.43. The largest absolute Gasteiger partial charge is 0.366 e. The molecular formula is C23H32N2O2. The first kappa shape index (κ1) is 18.7. The second-order valence-corrected chi connectivity index (χ2v) is 8.91. The molecule has 2 atom stereocenters. The second-order valence-electron chi connectivity index (χ2n) is 8.91. The fourth-order valence-corrected chi connectivity index (χ4v) is 5.31. The summed E-state index contributed by atoms with van der Waals surface area (Å²) in [4.78, 5) is 26.2. The van der Waals surface area contributed by atoms with E-state index in [4.69, 9.17) is 5.73 Å². The number of hydrogen-bond donors (Lipinski definition) is 1. The molecule has 4 heteroatoms. The van der Waals surface area contributed by atoms with E-state index >= 15 is 0 Å². The molecule has 4 rings (SSSR count). The molecule has 1 unspecified atom stereocenters. The maximum Gasteiger partial charge on any atom is 0.248 e. The Labute approximate surface area is 162 Å². The van der Waals surface area contributed by atoms with Crippen molar-refractivity contribution in [3.8, 4) is 0 Å². The van der Waals surface area contributed by atoms with Crippen LogP contribution in [0, 0.1) is 11.8 Å². The summed E-state index contributed by atoms with van der Waals surface area (Å²) in [6, 6.07) is 7.17. The smallest absolute Gasteiger partial charge is 0.248 e. The number of aryl methyl sites for hydroxylation is 1. The molecule has 0 bridgehead atoms. The number of hydrogen-bond acceptors (Lipinski definition) is 3. The molecule has 0 saturated heterocycles. The van der Waals surface area contributed by atoms with Gasteiger partial charge in [0.2, 0.25) is 5.91 Å². The molecule has 1 aromatic rings. The minimum Gasteiger partial charge on any atom is -0.366 e. The predicted octanol–water partition coefficient (Wildman–Crippen LogP) is 3.50. The van der Waals surface area contributed by atoms with Crippen LogP contribution in [-0.4, -0.2) is 35.2 Å². The molecule has 0 spiro atoms. The van der Waals surface area contributed by atoms with E-state index in [0.717, 1.165) is 57.4 Å². The fourth-order valence-electron chi connectivity index (χ4n) is 5.31. The Balaban J connectivity index is 1.63. The summed E-state index contributed by atoms with van der Waals surface area (Å²) in [7, 11) is 0. The van der Waals surface area contributed by atoms with E-state index in [9.17, 15) is 9.59 Å². The minimum absolute atomic E-state index is 0.341. The van der Waals surface area contributed by atoms with Crippen LogP contribution < -0.4 is 5.73 Å². The zero-order valence-electron chi connectivity index (χ0n) is 16.5. The van der Waals surface area contributed by atoms with Crippen LogP contribution in [0.4, 0.5) is 0 Å². The molecule has 2 fully saturated rings. The number of ketones is 1. The number of nitrogens with zero attached hydrogens (tertiary/aromatic N) is 1. The van der Waals surface area contributed by atoms with Gasteiger partial charge in [0.1, 0.15) is 5.78 Å². The minimum atomic E-state index is -0.341. The monoisotopic (exact) mass is 368 g/mol. The molecule has 146 valence electrons. The van der Waals surface area contributed by atoms with E-state index in [1.54, 1.807) is 0 Å². The van der Waals surface area contributed by atoms with Crippen LogP contribution >= 0.6 is 0 Å². The van der Waals surface area contributed by atoms with E-state index in [2.05, 4.69) is 17.9 Å². The molecule has 1 aliphatic heterocycles. The van der Waals surface area contributed by atoms with Gasteiger partial charge in [-0.1, -0.05) is 6.07 Å². The SMILES string of the molecule is C[C@@H](C1CC1)N1CCCc2cc(C(N)=O)ccc2CC1C1CCC(=O)CC1. The molecule has 1 heterocycles. The van der Waals surface area contributed by atoms with Crippen molar-refractivity contribution in [3.05, 3.63) is 34.9 Å². The van der Waals surface area contributed by atoms with Crippen LogP contribution in [0.5, 0.6) is 0 Å². The highest BCUT2D eigenvalue weighted by molar-refractivity contribution is 5.93. The molecule has 27 heavy (non-hydrogen) atoms. The number of Topliss-reactive ketones (excluding diaryl/α,β-unsaturated/α-hetero) is 1. The summed E-state index contributed by atoms with van der Waals surface area (Å²) < 4.78 is 0. The maximum atomic E-state index is 11.8. The van der Waals surface area contributed by atoms with Crippen molar-refractivity contribution in [2.24, 2.45) is 17.6 Å². The molecule has 1 aromatic carbocycles. The van der Waals surface area contributed by atoms with Gasteiger partial charge < -0.3 is 5.73 Å². The highest BCUT2D eigenvalue weighted by atomic mass is 16.1. The number of primary amides is 1. The first-order chi connectivity index (χ1) is 13.0. The second kappa shape index (κ2) is 7.75. The normalized spacial score (nSPS) is 26.1. The van der Waals surface area contributed by atoms with E-state index in [0.29, 0.717) is 29.3 Å². The van der Waals surface area contributed by atoms with Crippen molar-refractivity contribution >= 4 is 11.7 Å². The Kier molecular flexibility index (Phi) is 5.36. The highest BCUT2D eigenvalue weighted by Crippen LogP contribution is 2.40. The fraction of sp³-hybridized carbons (Fsp3) is 0.652. The predicted molar refractivity (Wildman–Crippen MR) is 107 cm³/mol. The standard InChI is InChI=1S/C23H32N2O2/c1-15(16-4-5-16)25-12-2-3-18-13-20(23(24)27)7-6-19(18)14-22(25)17-8-10-21(26)11-9-17/h6-7,13,15-17,22H,2-5,8-12,14H2,1H3,(H2,24,27)/t15-,22?/m0/s1. The third kappa shape index (κ3) is 4.11. The summed E-state index contributed by atoms with van der Waals surface area (Å²) in [6.07, 6.45) is 9.47. The van der Waals surface area contributed by atoms with Crippen LogP contribution in [0.1, 0.15) is 73.4 Å². The average Bonchev–Trinajstić information content (AvgIpc) is 3.47. The summed E-state index contributed by atoms with van der Waals surface area (Å²) in [5, 5.41) is 0. The Bertz CT molecular complexity index is 715. The number of rotatable bonds is 4. The first-order valence-electron chi connectivity index (χ1n) is 10.7. The van der Waals surface area contributed by atoms with Crippen molar-refractivity contribution in [3.63, 3.8) is 0 Å². The van der Waals surface area contributed by atoms with Gasteiger partial charge in [-0.3, -0.25) is 14.5 Å². The van der Waals surface area contributed by atoms with Crippen LogP contribution in [0.15, 0.2) is 18.2 Å². The van der Waals surface area contributed by atoms with Gasteiger partial charge in [0.15, 0.2) is 0 Å². The van der Waals surface area contributed by atoms with Crippen molar-refractivity contribution < 1.29 is 9.59 Å². The maximum absolute atomic E-state index is 11.8. The summed E-state index contributed by atoms with van der Waals surface area (Å²) >= 11 is 0. The third-order valence-electron chi connectivity index (χ3n) is 7.17. The molecule has 3 aliphatic rings. The Morgan fingerprint density at radius 2 is 1.85 bits per heavy atom. The highest BCUT2D eigenvalue weighted by Gasteiger charge is 2.39. The Morgan fingerprint density at radius 3 is 2.52 bits per heavy atom. The zero-order valence-corrected chi connectivity index (χ0v) is 16.5. The van der Waals surface area contributed by atoms with E-state index in [-0.39, 0.29) is 5.91 Å². The van der Waals surface area contributed by atoms with Crippen molar-refractivity contribution in [1.29, 1.82) is 0 Å². The lowest BCUT2D eigenvalue weighted by atomic mass is 9.78. The number of carbonyl (C=O) groups is 2. The van der Waals surface area contributed by atoms with Gasteiger partial charge in [0, 0.05) is 30.5 Å². The van der Waals surface area contributed by atoms with Gasteiger partial charge in [-0.15, -0.1) is 0 Å². The van der Waals surface area contributed by atoms with Gasteiger partial charge in [-0.05, 0) is 93.5 Å². The summed E-state index contributed by atoms with van der Waals surface area (Å²) in [6.45, 7) is 3.53. The molecule has 2 N–H and O–H groups in total. The topological polar surface area (TPSA) is 63.4 Å². The summed E-state index contributed by atoms with van der Waals surface area (Å²) in [5.74, 6) is 1.55. The molecule has 4 nitrogen and oxygen atoms in total. The van der Waals surface area contributed by atoms with E-state index in [1.807, 2.05) is 12.1 Å². The van der Waals surface area contributed by atoms with Crippen LogP contribution in [-0.2, 0) is 17.6 Å². The molecular weight excluding hydrogens is 336 g/mol. The number of benzene rings is 1. The number of amides is 1. The van der Waals surface area contributed by atoms with Gasteiger partial charge in [-0.25, -0.2) is 0 Å². The Morgan fingerprint density at radius 1 is 1.11 bits per heavy atom. The van der Waals surface area contributed by atoms with E-state index in [1.165, 1.54) is 24.0 Å². The van der Waals surface area contributed by atoms with Gasteiger partial charge in [0.25, 0.3) is 0 Å². The van der Waals surface area contributed by atoms with Crippen molar-refractivity contribution in [1.82, 2.24) is 4.90 Å². The van der Waals surface area contributed by atoms with Gasteiger partial charge in [-0.2, -0.15) is 0 Å². The molecule has 2 aliphatic carbocycles. The first-order valence-corrected chi connectivity index (χ1v) is 10.7. The Hall–Kier alpha value is -1.68. The third-order valence-corrected chi connectivity index (χ3v) is 7.17. The van der Waals surface area contributed by atoms with Crippen LogP contribution in [0.25, 0.3) is 0 Å². The number of fused-ring (bicyclic) bond motifs is 1. The van der Waals surface area contributed by atoms with Gasteiger partial charge >= 0.3 is 0 Å². The number of nitrogens with two attached hydrogens (primary N) is 1. The van der Waals surface area contributed by atoms with Crippen LogP contribution in [0.2, 0.25) is 0 Å². The average molecular weight is 369 g/mol. The van der Waals surface area contributed by atoms with Crippen molar-refractivity contribution in [2.75, 3.05) is 6.54 Å². The molecule has 0 radical (unpaired) electrons. The lowest BCUT2D eigenvalue weighted by molar-refractivity contribution is -0.121. The molecule has 1 amide bonds. The molecule has 0 aromatic heterocycles. The van der Waals surface area contributed by atoms with Crippen molar-refractivity contribution in [2.45, 2.75) is 76.8 Å². The summed E-state index contributed by atoms with van der Waals surface area (Å²) in [5.41, 5.74) is 8.78. The number of carbonyl (C=O) groups excluding carboxylic acids is 2. The molecule has 2 saturated carbocycles. The quantitative estimate of drug-likeness (QED) is 0.885. The van der Waals surface area contributed by atoms with Crippen LogP contribution in [0.3, 0.4) is 0 Å². The zero-order chi connectivity index (χ0) is 19.0. The lowest BCUT2D eigenvalue weighted by Crippen LogP contribution is -2.50. The van der Waals surface area contributed by atoms with E-state index < -0.39 is 0 Å².